The van der Waals surface area contributed by atoms with Crippen LogP contribution in [0, 0.1) is 17.0 Å². The molecule has 6 heteroatoms. The van der Waals surface area contributed by atoms with Gasteiger partial charge in [-0.1, -0.05) is 6.92 Å². The molecular formula is C12H14N4O2. The molecule has 94 valence electrons. The van der Waals surface area contributed by atoms with E-state index >= 15 is 0 Å². The predicted octanol–water partition coefficient (Wildman–Crippen LogP) is 2.57. The summed E-state index contributed by atoms with van der Waals surface area (Å²) in [4.78, 5) is 10.4. The maximum absolute atomic E-state index is 10.8. The van der Waals surface area contributed by atoms with Crippen molar-refractivity contribution < 1.29 is 4.92 Å². The molecule has 1 aromatic carbocycles. The molecule has 0 unspecified atom stereocenters. The van der Waals surface area contributed by atoms with Crippen molar-refractivity contribution in [1.82, 2.24) is 14.8 Å². The third-order valence-electron chi connectivity index (χ3n) is 2.73. The summed E-state index contributed by atoms with van der Waals surface area (Å²) in [7, 11) is 0. The van der Waals surface area contributed by atoms with Crippen molar-refractivity contribution in [3.05, 3.63) is 40.2 Å². The Kier molecular flexibility index (Phi) is 3.36. The lowest BCUT2D eigenvalue weighted by atomic mass is 10.1. The summed E-state index contributed by atoms with van der Waals surface area (Å²) in [5.41, 5.74) is 1.60. The minimum absolute atomic E-state index is 0.125. The maximum atomic E-state index is 10.8. The van der Waals surface area contributed by atoms with Crippen LogP contribution in [0.15, 0.2) is 24.5 Å². The van der Waals surface area contributed by atoms with Gasteiger partial charge in [0.1, 0.15) is 6.33 Å². The van der Waals surface area contributed by atoms with E-state index in [0.29, 0.717) is 5.56 Å². The average molecular weight is 246 g/mol. The van der Waals surface area contributed by atoms with E-state index in [4.69, 9.17) is 0 Å². The van der Waals surface area contributed by atoms with E-state index in [0.717, 1.165) is 24.4 Å². The average Bonchev–Trinajstić information content (AvgIpc) is 2.77. The minimum Gasteiger partial charge on any atom is -0.314 e. The number of rotatable bonds is 4. The van der Waals surface area contributed by atoms with E-state index in [1.807, 2.05) is 4.57 Å². The first-order valence-electron chi connectivity index (χ1n) is 5.76. The van der Waals surface area contributed by atoms with Crippen LogP contribution in [0.4, 0.5) is 5.69 Å². The van der Waals surface area contributed by atoms with Crippen molar-refractivity contribution in [3.63, 3.8) is 0 Å². The summed E-state index contributed by atoms with van der Waals surface area (Å²) in [6.07, 6.45) is 2.66. The zero-order chi connectivity index (χ0) is 13.1. The summed E-state index contributed by atoms with van der Waals surface area (Å²) >= 11 is 0. The van der Waals surface area contributed by atoms with E-state index in [1.54, 1.807) is 25.4 Å². The molecule has 2 rings (SSSR count). The molecule has 0 spiro atoms. The smallest absolute Gasteiger partial charge is 0.272 e. The summed E-state index contributed by atoms with van der Waals surface area (Å²) in [5, 5.41) is 18.7. The number of hydrogen-bond acceptors (Lipinski definition) is 4. The highest BCUT2D eigenvalue weighted by atomic mass is 16.6. The second kappa shape index (κ2) is 4.95. The van der Waals surface area contributed by atoms with Crippen molar-refractivity contribution in [3.8, 4) is 11.4 Å². The normalized spacial score (nSPS) is 10.6. The molecule has 0 N–H and O–H groups in total. The molecule has 6 nitrogen and oxygen atoms in total. The molecule has 0 aliphatic rings. The molecule has 0 fully saturated rings. The van der Waals surface area contributed by atoms with Crippen LogP contribution in [-0.4, -0.2) is 19.7 Å². The van der Waals surface area contributed by atoms with Gasteiger partial charge in [-0.05, 0) is 25.5 Å². The quantitative estimate of drug-likeness (QED) is 0.613. The van der Waals surface area contributed by atoms with Crippen LogP contribution in [0.25, 0.3) is 11.4 Å². The van der Waals surface area contributed by atoms with Crippen LogP contribution in [0.1, 0.15) is 18.9 Å². The van der Waals surface area contributed by atoms with Crippen molar-refractivity contribution >= 4 is 5.69 Å². The Labute approximate surface area is 104 Å². The molecule has 0 aliphatic carbocycles. The van der Waals surface area contributed by atoms with Gasteiger partial charge in [0.05, 0.1) is 4.92 Å². The Hall–Kier alpha value is -2.24. The molecule has 0 aliphatic heterocycles. The number of nitrogens with zero attached hydrogens (tertiary/aromatic N) is 4. The Morgan fingerprint density at radius 2 is 2.22 bits per heavy atom. The third-order valence-corrected chi connectivity index (χ3v) is 2.73. The fraction of sp³-hybridized carbons (Fsp3) is 0.333. The summed E-state index contributed by atoms with van der Waals surface area (Å²) in [5.74, 6) is 0.745. The van der Waals surface area contributed by atoms with Gasteiger partial charge < -0.3 is 4.57 Å². The fourth-order valence-corrected chi connectivity index (χ4v) is 1.88. The molecule has 1 aromatic heterocycles. The van der Waals surface area contributed by atoms with Crippen LogP contribution in [0.3, 0.4) is 0 Å². The lowest BCUT2D eigenvalue weighted by Crippen LogP contribution is -1.99. The molecule has 18 heavy (non-hydrogen) atoms. The molecule has 0 bridgehead atoms. The lowest BCUT2D eigenvalue weighted by Gasteiger charge is -2.05. The van der Waals surface area contributed by atoms with E-state index < -0.39 is 0 Å². The van der Waals surface area contributed by atoms with E-state index in [1.165, 1.54) is 6.07 Å². The lowest BCUT2D eigenvalue weighted by molar-refractivity contribution is -0.385. The Morgan fingerprint density at radius 1 is 1.44 bits per heavy atom. The number of nitro groups is 1. The largest absolute Gasteiger partial charge is 0.314 e. The van der Waals surface area contributed by atoms with Gasteiger partial charge in [-0.25, -0.2) is 0 Å². The van der Waals surface area contributed by atoms with Crippen LogP contribution in [-0.2, 0) is 6.54 Å². The van der Waals surface area contributed by atoms with E-state index in [-0.39, 0.29) is 10.6 Å². The first kappa shape index (κ1) is 12.2. The van der Waals surface area contributed by atoms with Crippen molar-refractivity contribution in [2.45, 2.75) is 26.8 Å². The number of aryl methyl sites for hydroxylation is 2. The SMILES string of the molecule is CCCn1cnnc1-c1ccc([N+](=O)[O-])c(C)c1. The molecular weight excluding hydrogens is 232 g/mol. The van der Waals surface area contributed by atoms with Gasteiger partial charge in [0.15, 0.2) is 5.82 Å². The zero-order valence-electron chi connectivity index (χ0n) is 10.3. The van der Waals surface area contributed by atoms with Crippen molar-refractivity contribution in [1.29, 1.82) is 0 Å². The van der Waals surface area contributed by atoms with Gasteiger partial charge in [0.2, 0.25) is 0 Å². The third kappa shape index (κ3) is 2.22. The van der Waals surface area contributed by atoms with Gasteiger partial charge >= 0.3 is 0 Å². The van der Waals surface area contributed by atoms with Crippen molar-refractivity contribution in [2.75, 3.05) is 0 Å². The molecule has 0 atom stereocenters. The first-order valence-corrected chi connectivity index (χ1v) is 5.76. The molecule has 2 aromatic rings. The monoisotopic (exact) mass is 246 g/mol. The van der Waals surface area contributed by atoms with Gasteiger partial charge in [-0.2, -0.15) is 0 Å². The minimum atomic E-state index is -0.379. The number of aromatic nitrogens is 3. The Balaban J connectivity index is 2.42. The van der Waals surface area contributed by atoms with Crippen molar-refractivity contribution in [2.24, 2.45) is 0 Å². The topological polar surface area (TPSA) is 73.8 Å². The summed E-state index contributed by atoms with van der Waals surface area (Å²) in [6.45, 7) is 4.63. The standard InChI is InChI=1S/C12H14N4O2/c1-3-6-15-8-13-14-12(15)10-4-5-11(16(17)18)9(2)7-10/h4-5,7-8H,3,6H2,1-2H3. The number of nitro benzene ring substituents is 1. The highest BCUT2D eigenvalue weighted by molar-refractivity contribution is 5.60. The van der Waals surface area contributed by atoms with E-state index in [2.05, 4.69) is 17.1 Å². The van der Waals surface area contributed by atoms with Crippen LogP contribution in [0.5, 0.6) is 0 Å². The Bertz CT molecular complexity index is 577. The summed E-state index contributed by atoms with van der Waals surface area (Å²) < 4.78 is 1.95. The molecule has 0 saturated carbocycles. The van der Waals surface area contributed by atoms with E-state index in [9.17, 15) is 10.1 Å². The summed E-state index contributed by atoms with van der Waals surface area (Å²) in [6, 6.07) is 4.99. The Morgan fingerprint density at radius 3 is 2.83 bits per heavy atom. The van der Waals surface area contributed by atoms with Crippen LogP contribution >= 0.6 is 0 Å². The molecule has 0 amide bonds. The highest BCUT2D eigenvalue weighted by Crippen LogP contribution is 2.24. The fourth-order valence-electron chi connectivity index (χ4n) is 1.88. The molecule has 1 heterocycles. The van der Waals surface area contributed by atoms with Gasteiger partial charge in [0.25, 0.3) is 5.69 Å². The van der Waals surface area contributed by atoms with Gasteiger partial charge in [0, 0.05) is 23.7 Å². The van der Waals surface area contributed by atoms with Gasteiger partial charge in [-0.3, -0.25) is 10.1 Å². The second-order valence-electron chi connectivity index (χ2n) is 4.11. The maximum Gasteiger partial charge on any atom is 0.272 e. The molecule has 0 saturated heterocycles. The van der Waals surface area contributed by atoms with Crippen LogP contribution < -0.4 is 0 Å². The highest BCUT2D eigenvalue weighted by Gasteiger charge is 2.13. The second-order valence-corrected chi connectivity index (χ2v) is 4.11. The first-order chi connectivity index (χ1) is 8.63. The number of benzene rings is 1. The zero-order valence-corrected chi connectivity index (χ0v) is 10.3. The number of hydrogen-bond donors (Lipinski definition) is 0. The predicted molar refractivity (Wildman–Crippen MR) is 67.1 cm³/mol. The molecule has 0 radical (unpaired) electrons. The van der Waals surface area contributed by atoms with Crippen LogP contribution in [0.2, 0.25) is 0 Å². The van der Waals surface area contributed by atoms with Gasteiger partial charge in [-0.15, -0.1) is 10.2 Å².